The summed E-state index contributed by atoms with van der Waals surface area (Å²) in [5.74, 6) is 0. The molecule has 0 aliphatic rings. The van der Waals surface area contributed by atoms with Crippen molar-refractivity contribution in [1.82, 2.24) is 14.5 Å². The van der Waals surface area contributed by atoms with Gasteiger partial charge in [0.2, 0.25) is 10.0 Å². The fraction of sp³-hybridized carbons (Fsp3) is 0.167. The van der Waals surface area contributed by atoms with Crippen molar-refractivity contribution in [2.45, 2.75) is 13.1 Å². The molecular weight excluding hydrogens is 322 g/mol. The number of hydrogen-bond acceptors (Lipinski definition) is 3. The molecule has 0 saturated carbocycles. The molecule has 0 amide bonds. The molecular formula is C18H19N3O2S. The van der Waals surface area contributed by atoms with Crippen LogP contribution in [-0.2, 0) is 23.1 Å². The highest BCUT2D eigenvalue weighted by atomic mass is 32.2. The quantitative estimate of drug-likeness (QED) is 0.750. The predicted octanol–water partition coefficient (Wildman–Crippen LogP) is 2.65. The monoisotopic (exact) mass is 341 g/mol. The maximum atomic E-state index is 11.3. The van der Waals surface area contributed by atoms with Gasteiger partial charge in [-0.15, -0.1) is 0 Å². The van der Waals surface area contributed by atoms with Crippen LogP contribution in [0.25, 0.3) is 11.1 Å². The summed E-state index contributed by atoms with van der Waals surface area (Å²) >= 11 is 0. The minimum absolute atomic E-state index is 0.282. The maximum Gasteiger partial charge on any atom is 0.209 e. The van der Waals surface area contributed by atoms with Crippen LogP contribution in [0.2, 0.25) is 0 Å². The third-order valence-corrected chi connectivity index (χ3v) is 4.38. The highest BCUT2D eigenvalue weighted by Crippen LogP contribution is 2.24. The third-order valence-electron chi connectivity index (χ3n) is 3.71. The zero-order valence-electron chi connectivity index (χ0n) is 13.4. The van der Waals surface area contributed by atoms with Gasteiger partial charge in [0, 0.05) is 18.9 Å². The molecule has 0 radical (unpaired) electrons. The van der Waals surface area contributed by atoms with Gasteiger partial charge < -0.3 is 0 Å². The Balaban J connectivity index is 1.81. The van der Waals surface area contributed by atoms with Crippen molar-refractivity contribution in [1.29, 1.82) is 0 Å². The van der Waals surface area contributed by atoms with Crippen molar-refractivity contribution < 1.29 is 8.42 Å². The molecule has 1 N–H and O–H groups in total. The Labute approximate surface area is 142 Å². The van der Waals surface area contributed by atoms with Gasteiger partial charge in [-0.2, -0.15) is 5.10 Å². The smallest absolute Gasteiger partial charge is 0.209 e. The van der Waals surface area contributed by atoms with Crippen molar-refractivity contribution in [3.63, 3.8) is 0 Å². The van der Waals surface area contributed by atoms with Crippen LogP contribution in [0.3, 0.4) is 0 Å². The van der Waals surface area contributed by atoms with Crippen LogP contribution in [0.1, 0.15) is 11.1 Å². The van der Waals surface area contributed by atoms with Crippen molar-refractivity contribution in [2.75, 3.05) is 6.26 Å². The highest BCUT2D eigenvalue weighted by Gasteiger charge is 2.07. The van der Waals surface area contributed by atoms with Gasteiger partial charge >= 0.3 is 0 Å². The number of nitrogens with zero attached hydrogens (tertiary/aromatic N) is 2. The normalized spacial score (nSPS) is 11.5. The molecule has 2 aromatic carbocycles. The van der Waals surface area contributed by atoms with Gasteiger partial charge in [0.15, 0.2) is 0 Å². The average molecular weight is 341 g/mol. The van der Waals surface area contributed by atoms with E-state index in [9.17, 15) is 8.42 Å². The molecule has 3 rings (SSSR count). The fourth-order valence-corrected chi connectivity index (χ4v) is 2.95. The lowest BCUT2D eigenvalue weighted by Gasteiger charge is -2.11. The number of aromatic nitrogens is 2. The van der Waals surface area contributed by atoms with E-state index in [1.165, 1.54) is 6.26 Å². The van der Waals surface area contributed by atoms with Gasteiger partial charge in [0.1, 0.15) is 0 Å². The summed E-state index contributed by atoms with van der Waals surface area (Å²) in [6.45, 7) is 1.01. The molecule has 0 saturated heterocycles. The number of nitrogens with one attached hydrogen (secondary N) is 1. The first-order chi connectivity index (χ1) is 11.5. The number of rotatable bonds is 6. The second-order valence-corrected chi connectivity index (χ2v) is 7.48. The summed E-state index contributed by atoms with van der Waals surface area (Å²) in [6.07, 6.45) is 4.86. The molecule has 3 aromatic rings. The van der Waals surface area contributed by atoms with Crippen molar-refractivity contribution in [2.24, 2.45) is 0 Å². The lowest BCUT2D eigenvalue weighted by Crippen LogP contribution is -2.21. The van der Waals surface area contributed by atoms with Gasteiger partial charge in [-0.25, -0.2) is 13.1 Å². The Bertz CT molecular complexity index is 902. The van der Waals surface area contributed by atoms with E-state index >= 15 is 0 Å². The number of hydrogen-bond donors (Lipinski definition) is 1. The first-order valence-corrected chi connectivity index (χ1v) is 9.50. The molecule has 5 nitrogen and oxygen atoms in total. The molecule has 24 heavy (non-hydrogen) atoms. The Hall–Kier alpha value is -2.44. The average Bonchev–Trinajstić information content (AvgIpc) is 3.06. The summed E-state index contributed by atoms with van der Waals surface area (Å²) in [4.78, 5) is 0. The Kier molecular flexibility index (Phi) is 4.78. The van der Waals surface area contributed by atoms with E-state index in [0.717, 1.165) is 28.8 Å². The zero-order valence-corrected chi connectivity index (χ0v) is 14.2. The Morgan fingerprint density at radius 2 is 1.79 bits per heavy atom. The second-order valence-electron chi connectivity index (χ2n) is 5.65. The SMILES string of the molecule is CS(=O)(=O)NCc1ccccc1-c1ccc(Cn2cccn2)cc1. The molecule has 6 heteroatoms. The van der Waals surface area contributed by atoms with E-state index in [0.29, 0.717) is 0 Å². The summed E-state index contributed by atoms with van der Waals surface area (Å²) in [5, 5.41) is 4.21. The van der Waals surface area contributed by atoms with Crippen LogP contribution in [-0.4, -0.2) is 24.5 Å². The molecule has 1 aromatic heterocycles. The second kappa shape index (κ2) is 6.98. The minimum Gasteiger partial charge on any atom is -0.268 e. The van der Waals surface area contributed by atoms with E-state index in [1.807, 2.05) is 41.2 Å². The van der Waals surface area contributed by atoms with Crippen LogP contribution in [0, 0.1) is 0 Å². The number of sulfonamides is 1. The summed E-state index contributed by atoms with van der Waals surface area (Å²) in [5.41, 5.74) is 4.20. The van der Waals surface area contributed by atoms with E-state index < -0.39 is 10.0 Å². The molecule has 1 heterocycles. The highest BCUT2D eigenvalue weighted by molar-refractivity contribution is 7.88. The van der Waals surface area contributed by atoms with E-state index in [1.54, 1.807) is 6.20 Å². The predicted molar refractivity (Wildman–Crippen MR) is 94.9 cm³/mol. The van der Waals surface area contributed by atoms with Crippen LogP contribution in [0.4, 0.5) is 0 Å². The standard InChI is InChI=1S/C18H19N3O2S/c1-24(22,23)20-13-17-5-2-3-6-18(17)16-9-7-15(8-10-16)14-21-12-4-11-19-21/h2-12,20H,13-14H2,1H3. The van der Waals surface area contributed by atoms with Crippen LogP contribution in [0.5, 0.6) is 0 Å². The van der Waals surface area contributed by atoms with E-state index in [-0.39, 0.29) is 6.54 Å². The molecule has 0 fully saturated rings. The topological polar surface area (TPSA) is 64.0 Å². The number of benzene rings is 2. The fourth-order valence-electron chi connectivity index (χ4n) is 2.54. The molecule has 124 valence electrons. The van der Waals surface area contributed by atoms with Gasteiger partial charge in [-0.3, -0.25) is 4.68 Å². The van der Waals surface area contributed by atoms with Crippen molar-refractivity contribution in [3.05, 3.63) is 78.1 Å². The molecule has 0 unspecified atom stereocenters. The first-order valence-electron chi connectivity index (χ1n) is 7.60. The molecule has 0 aliphatic carbocycles. The van der Waals surface area contributed by atoms with Crippen molar-refractivity contribution >= 4 is 10.0 Å². The van der Waals surface area contributed by atoms with E-state index in [4.69, 9.17) is 0 Å². The Morgan fingerprint density at radius 1 is 1.04 bits per heavy atom. The lowest BCUT2D eigenvalue weighted by molar-refractivity contribution is 0.587. The molecule has 0 bridgehead atoms. The zero-order chi connectivity index (χ0) is 17.0. The van der Waals surface area contributed by atoms with Gasteiger partial charge in [-0.1, -0.05) is 48.5 Å². The summed E-state index contributed by atoms with van der Waals surface area (Å²) in [7, 11) is -3.22. The largest absolute Gasteiger partial charge is 0.268 e. The van der Waals surface area contributed by atoms with Crippen molar-refractivity contribution in [3.8, 4) is 11.1 Å². The van der Waals surface area contributed by atoms with Crippen LogP contribution in [0.15, 0.2) is 67.0 Å². The summed E-state index contributed by atoms with van der Waals surface area (Å²) in [6, 6.07) is 17.9. The third kappa shape index (κ3) is 4.31. The molecule has 0 atom stereocenters. The van der Waals surface area contributed by atoms with Gasteiger partial charge in [0.05, 0.1) is 12.8 Å². The Morgan fingerprint density at radius 3 is 2.46 bits per heavy atom. The van der Waals surface area contributed by atoms with E-state index in [2.05, 4.69) is 34.1 Å². The maximum absolute atomic E-state index is 11.3. The molecule has 0 aliphatic heterocycles. The summed E-state index contributed by atoms with van der Waals surface area (Å²) < 4.78 is 27.1. The lowest BCUT2D eigenvalue weighted by atomic mass is 9.99. The van der Waals surface area contributed by atoms with Gasteiger partial charge in [0.25, 0.3) is 0 Å². The first kappa shape index (κ1) is 16.4. The van der Waals surface area contributed by atoms with Crippen LogP contribution >= 0.6 is 0 Å². The minimum atomic E-state index is -3.22. The van der Waals surface area contributed by atoms with Crippen LogP contribution < -0.4 is 4.72 Å². The van der Waals surface area contributed by atoms with Gasteiger partial charge in [-0.05, 0) is 28.3 Å². The molecule has 0 spiro atoms.